The summed E-state index contributed by atoms with van der Waals surface area (Å²) in [5.74, 6) is 2.93. The summed E-state index contributed by atoms with van der Waals surface area (Å²) in [7, 11) is 3.23. The van der Waals surface area contributed by atoms with Crippen molar-refractivity contribution in [3.63, 3.8) is 0 Å². The van der Waals surface area contributed by atoms with Gasteiger partial charge in [0.1, 0.15) is 12.4 Å². The Morgan fingerprint density at radius 2 is 1.81 bits per heavy atom. The van der Waals surface area contributed by atoms with Crippen molar-refractivity contribution >= 4 is 17.3 Å². The van der Waals surface area contributed by atoms with Crippen LogP contribution in [0.3, 0.4) is 0 Å². The van der Waals surface area contributed by atoms with E-state index in [4.69, 9.17) is 26.1 Å². The number of ether oxygens (including phenoxy) is 2. The van der Waals surface area contributed by atoms with Gasteiger partial charge in [-0.2, -0.15) is 0 Å². The van der Waals surface area contributed by atoms with Gasteiger partial charge < -0.3 is 9.47 Å². The van der Waals surface area contributed by atoms with Crippen LogP contribution in [0.5, 0.6) is 11.5 Å². The van der Waals surface area contributed by atoms with Crippen LogP contribution in [0.4, 0.5) is 0 Å². The molecule has 0 N–H and O–H groups in total. The highest BCUT2D eigenvalue weighted by molar-refractivity contribution is 6.31. The average Bonchev–Trinajstić information content (AvgIpc) is 2.94. The normalized spacial score (nSPS) is 12.7. The quantitative estimate of drug-likeness (QED) is 0.708. The van der Waals surface area contributed by atoms with E-state index < -0.39 is 0 Å². The maximum absolute atomic E-state index is 6.29. The van der Waals surface area contributed by atoms with Crippen molar-refractivity contribution in [1.82, 2.24) is 14.8 Å². The predicted molar refractivity (Wildman–Crippen MR) is 100.0 cm³/mol. The fourth-order valence-electron chi connectivity index (χ4n) is 3.18. The molecule has 0 saturated heterocycles. The van der Waals surface area contributed by atoms with Crippen molar-refractivity contribution in [2.24, 2.45) is 4.99 Å². The molecule has 0 bridgehead atoms. The molecule has 0 unspecified atom stereocenters. The van der Waals surface area contributed by atoms with E-state index in [1.165, 1.54) is 0 Å². The van der Waals surface area contributed by atoms with Crippen molar-refractivity contribution in [3.8, 4) is 17.2 Å². The monoisotopic (exact) mass is 368 g/mol. The first-order valence-electron chi connectivity index (χ1n) is 8.10. The van der Waals surface area contributed by atoms with Gasteiger partial charge in [0.2, 0.25) is 0 Å². The first-order chi connectivity index (χ1) is 12.6. The van der Waals surface area contributed by atoms with Crippen molar-refractivity contribution in [2.45, 2.75) is 13.5 Å². The molecule has 6 nitrogen and oxygen atoms in total. The highest BCUT2D eigenvalue weighted by atomic mass is 35.5. The molecule has 2 aromatic carbocycles. The van der Waals surface area contributed by atoms with E-state index in [2.05, 4.69) is 10.2 Å². The van der Waals surface area contributed by atoms with Crippen LogP contribution in [0.15, 0.2) is 41.4 Å². The van der Waals surface area contributed by atoms with Gasteiger partial charge in [-0.25, -0.2) is 0 Å². The number of aromatic nitrogens is 3. The number of nitrogens with zero attached hydrogens (tertiary/aromatic N) is 4. The third-order valence-electron chi connectivity index (χ3n) is 4.38. The fraction of sp³-hybridized carbons (Fsp3) is 0.211. The Bertz CT molecular complexity index is 1030. The van der Waals surface area contributed by atoms with Crippen molar-refractivity contribution in [2.75, 3.05) is 14.2 Å². The summed E-state index contributed by atoms with van der Waals surface area (Å²) in [6.45, 7) is 2.35. The van der Waals surface area contributed by atoms with Gasteiger partial charge in [0.05, 0.1) is 25.6 Å². The van der Waals surface area contributed by atoms with Gasteiger partial charge in [0.25, 0.3) is 0 Å². The Morgan fingerprint density at radius 3 is 2.58 bits per heavy atom. The average molecular weight is 369 g/mol. The van der Waals surface area contributed by atoms with Gasteiger partial charge in [-0.1, -0.05) is 11.6 Å². The van der Waals surface area contributed by atoms with Crippen LogP contribution in [-0.4, -0.2) is 34.7 Å². The number of rotatable bonds is 3. The number of halogens is 1. The zero-order valence-corrected chi connectivity index (χ0v) is 15.4. The molecule has 0 atom stereocenters. The summed E-state index contributed by atoms with van der Waals surface area (Å²) in [5, 5.41) is 9.08. The summed E-state index contributed by atoms with van der Waals surface area (Å²) >= 11 is 6.29. The molecule has 1 aliphatic rings. The van der Waals surface area contributed by atoms with Gasteiger partial charge in [-0.15, -0.1) is 10.2 Å². The minimum absolute atomic E-state index is 0.427. The van der Waals surface area contributed by atoms with Gasteiger partial charge in [-0.05, 0) is 43.3 Å². The number of methoxy groups -OCH3 is 2. The molecular formula is C19H17ClN4O2. The summed E-state index contributed by atoms with van der Waals surface area (Å²) in [6.07, 6.45) is 0. The molecule has 4 rings (SSSR count). The summed E-state index contributed by atoms with van der Waals surface area (Å²) in [5.41, 5.74) is 3.63. The van der Waals surface area contributed by atoms with E-state index >= 15 is 0 Å². The van der Waals surface area contributed by atoms with Gasteiger partial charge in [0, 0.05) is 16.1 Å². The van der Waals surface area contributed by atoms with Crippen LogP contribution in [0.2, 0.25) is 5.02 Å². The highest BCUT2D eigenvalue weighted by Gasteiger charge is 2.22. The van der Waals surface area contributed by atoms with Gasteiger partial charge in [-0.3, -0.25) is 9.56 Å². The van der Waals surface area contributed by atoms with E-state index in [1.807, 2.05) is 47.9 Å². The topological polar surface area (TPSA) is 61.5 Å². The van der Waals surface area contributed by atoms with Crippen LogP contribution < -0.4 is 9.47 Å². The molecule has 26 heavy (non-hydrogen) atoms. The summed E-state index contributed by atoms with van der Waals surface area (Å²) in [4.78, 5) is 4.80. The predicted octanol–water partition coefficient (Wildman–Crippen LogP) is 3.60. The maximum Gasteiger partial charge on any atom is 0.161 e. The molecule has 0 radical (unpaired) electrons. The zero-order chi connectivity index (χ0) is 18.3. The Kier molecular flexibility index (Phi) is 4.12. The Labute approximate surface area is 156 Å². The van der Waals surface area contributed by atoms with Crippen molar-refractivity contribution in [1.29, 1.82) is 0 Å². The van der Waals surface area contributed by atoms with Crippen LogP contribution in [-0.2, 0) is 6.54 Å². The SMILES string of the molecule is COc1ccc(C2=NCc3nnc(C)n3-c3ccc(Cl)cc32)cc1OC. The first kappa shape index (κ1) is 16.6. The van der Waals surface area contributed by atoms with E-state index in [1.54, 1.807) is 14.2 Å². The molecule has 0 saturated carbocycles. The van der Waals surface area contributed by atoms with Crippen LogP contribution in [0.1, 0.15) is 22.8 Å². The lowest BCUT2D eigenvalue weighted by molar-refractivity contribution is 0.355. The lowest BCUT2D eigenvalue weighted by Crippen LogP contribution is -2.08. The number of hydrogen-bond donors (Lipinski definition) is 0. The van der Waals surface area contributed by atoms with Gasteiger partial charge >= 0.3 is 0 Å². The fourth-order valence-corrected chi connectivity index (χ4v) is 3.35. The Morgan fingerprint density at radius 1 is 1.00 bits per heavy atom. The molecule has 0 amide bonds. The lowest BCUT2D eigenvalue weighted by Gasteiger charge is -2.14. The second-order valence-electron chi connectivity index (χ2n) is 5.89. The highest BCUT2D eigenvalue weighted by Crippen LogP contribution is 2.32. The number of aryl methyl sites for hydroxylation is 1. The van der Waals surface area contributed by atoms with Crippen LogP contribution in [0.25, 0.3) is 5.69 Å². The van der Waals surface area contributed by atoms with Crippen molar-refractivity contribution in [3.05, 3.63) is 64.2 Å². The minimum Gasteiger partial charge on any atom is -0.493 e. The third-order valence-corrected chi connectivity index (χ3v) is 4.62. The maximum atomic E-state index is 6.29. The molecule has 3 aromatic rings. The molecular weight excluding hydrogens is 352 g/mol. The third kappa shape index (κ3) is 2.63. The minimum atomic E-state index is 0.427. The molecule has 2 heterocycles. The molecule has 0 spiro atoms. The molecule has 7 heteroatoms. The van der Waals surface area contributed by atoms with E-state index in [0.29, 0.717) is 23.1 Å². The Hall–Kier alpha value is -2.86. The second kappa shape index (κ2) is 6.46. The molecule has 1 aliphatic heterocycles. The number of benzene rings is 2. The molecule has 1 aromatic heterocycles. The lowest BCUT2D eigenvalue weighted by atomic mass is 10.00. The zero-order valence-electron chi connectivity index (χ0n) is 14.7. The molecule has 132 valence electrons. The number of hydrogen-bond acceptors (Lipinski definition) is 5. The van der Waals surface area contributed by atoms with Crippen LogP contribution >= 0.6 is 11.6 Å². The largest absolute Gasteiger partial charge is 0.493 e. The van der Waals surface area contributed by atoms with Gasteiger partial charge in [0.15, 0.2) is 17.3 Å². The number of aliphatic imine (C=N–C) groups is 1. The second-order valence-corrected chi connectivity index (χ2v) is 6.33. The van der Waals surface area contributed by atoms with Crippen molar-refractivity contribution < 1.29 is 9.47 Å². The van der Waals surface area contributed by atoms with E-state index in [9.17, 15) is 0 Å². The molecule has 0 fully saturated rings. The molecule has 0 aliphatic carbocycles. The summed E-state index contributed by atoms with van der Waals surface area (Å²) in [6, 6.07) is 11.5. The first-order valence-corrected chi connectivity index (χ1v) is 8.48. The van der Waals surface area contributed by atoms with E-state index in [-0.39, 0.29) is 0 Å². The Balaban J connectivity index is 1.94. The van der Waals surface area contributed by atoms with E-state index in [0.717, 1.165) is 34.2 Å². The number of fused-ring (bicyclic) bond motifs is 3. The smallest absolute Gasteiger partial charge is 0.161 e. The summed E-state index contributed by atoms with van der Waals surface area (Å²) < 4.78 is 12.8. The van der Waals surface area contributed by atoms with Crippen LogP contribution in [0, 0.1) is 6.92 Å². The standard InChI is InChI=1S/C19H17ClN4O2/c1-11-22-23-18-10-21-19(12-4-7-16(25-2)17(8-12)26-3)14-9-13(20)5-6-15(14)24(11)18/h4-9H,10H2,1-3H3.